The Morgan fingerprint density at radius 2 is 2.09 bits per heavy atom. The van der Waals surface area contributed by atoms with Gasteiger partial charge in [-0.2, -0.15) is 10.4 Å². The SMILES string of the molecule is CNc1ccc2cc(O)c(C3CC(=O)N[N+]3(O)O)c(F)c2c1. The van der Waals surface area contributed by atoms with Gasteiger partial charge in [0, 0.05) is 18.1 Å². The molecule has 7 nitrogen and oxygen atoms in total. The first kappa shape index (κ1) is 14.5. The molecule has 0 spiro atoms. The summed E-state index contributed by atoms with van der Waals surface area (Å²) in [7, 11) is 1.68. The van der Waals surface area contributed by atoms with Gasteiger partial charge in [-0.15, -0.1) is 5.43 Å². The molecule has 1 saturated heterocycles. The topological polar surface area (TPSA) is 102 Å². The van der Waals surface area contributed by atoms with Crippen LogP contribution in [0, 0.1) is 5.82 Å². The fourth-order valence-electron chi connectivity index (χ4n) is 2.72. The van der Waals surface area contributed by atoms with Gasteiger partial charge in [0.15, 0.2) is 0 Å². The van der Waals surface area contributed by atoms with Gasteiger partial charge in [-0.1, -0.05) is 6.07 Å². The van der Waals surface area contributed by atoms with Crippen molar-refractivity contribution in [3.05, 3.63) is 35.6 Å². The molecule has 0 radical (unpaired) electrons. The Labute approximate surface area is 124 Å². The lowest BCUT2D eigenvalue weighted by Gasteiger charge is -2.22. The first-order chi connectivity index (χ1) is 10.3. The van der Waals surface area contributed by atoms with Crippen molar-refractivity contribution in [2.45, 2.75) is 12.5 Å². The normalized spacial score (nSPS) is 20.2. The minimum absolute atomic E-state index is 0.207. The summed E-state index contributed by atoms with van der Waals surface area (Å²) in [5, 5.41) is 33.2. The third kappa shape index (κ3) is 2.13. The Bertz CT molecular complexity index is 778. The van der Waals surface area contributed by atoms with Crippen LogP contribution in [-0.2, 0) is 4.79 Å². The van der Waals surface area contributed by atoms with Gasteiger partial charge in [-0.3, -0.25) is 4.79 Å². The minimum Gasteiger partial charge on any atom is -0.507 e. The lowest BCUT2D eigenvalue weighted by molar-refractivity contribution is -1.28. The Morgan fingerprint density at radius 1 is 1.36 bits per heavy atom. The number of halogens is 1. The summed E-state index contributed by atoms with van der Waals surface area (Å²) in [6.45, 7) is 0. The number of aromatic hydroxyl groups is 1. The number of hydrogen-bond donors (Lipinski definition) is 5. The maximum atomic E-state index is 14.8. The van der Waals surface area contributed by atoms with Gasteiger partial charge < -0.3 is 10.4 Å². The minimum atomic E-state index is -1.89. The van der Waals surface area contributed by atoms with E-state index in [-0.39, 0.29) is 17.4 Å². The van der Waals surface area contributed by atoms with Crippen LogP contribution in [0.2, 0.25) is 0 Å². The molecular weight excluding hydrogens is 293 g/mol. The van der Waals surface area contributed by atoms with Crippen molar-refractivity contribution in [3.8, 4) is 5.75 Å². The molecule has 5 N–H and O–H groups in total. The first-order valence-corrected chi connectivity index (χ1v) is 6.61. The first-order valence-electron chi connectivity index (χ1n) is 6.61. The molecule has 0 bridgehead atoms. The molecule has 1 heterocycles. The highest BCUT2D eigenvalue weighted by Crippen LogP contribution is 2.41. The van der Waals surface area contributed by atoms with Gasteiger partial charge in [0.2, 0.25) is 6.04 Å². The number of nitrogens with one attached hydrogen (secondary N) is 2. The second-order valence-corrected chi connectivity index (χ2v) is 5.21. The van der Waals surface area contributed by atoms with E-state index in [2.05, 4.69) is 5.32 Å². The van der Waals surface area contributed by atoms with Gasteiger partial charge in [-0.25, -0.2) is 4.39 Å². The Kier molecular flexibility index (Phi) is 3.17. The Morgan fingerprint density at radius 3 is 2.68 bits per heavy atom. The number of anilines is 1. The van der Waals surface area contributed by atoms with Crippen molar-refractivity contribution < 1.29 is 29.6 Å². The van der Waals surface area contributed by atoms with Crippen molar-refractivity contribution in [1.29, 1.82) is 0 Å². The molecule has 0 aromatic heterocycles. The van der Waals surface area contributed by atoms with E-state index in [0.29, 0.717) is 11.1 Å². The fourth-order valence-corrected chi connectivity index (χ4v) is 2.72. The molecule has 8 heteroatoms. The van der Waals surface area contributed by atoms with Crippen LogP contribution in [-0.4, -0.2) is 33.4 Å². The molecule has 0 saturated carbocycles. The number of quaternary nitrogens is 1. The summed E-state index contributed by atoms with van der Waals surface area (Å²) < 4.78 is 14.8. The van der Waals surface area contributed by atoms with Crippen LogP contribution in [0.5, 0.6) is 5.75 Å². The average Bonchev–Trinajstić information content (AvgIpc) is 2.71. The smallest absolute Gasteiger partial charge is 0.277 e. The summed E-state index contributed by atoms with van der Waals surface area (Å²) in [5.74, 6) is -1.88. The van der Waals surface area contributed by atoms with E-state index >= 15 is 0 Å². The molecule has 1 unspecified atom stereocenters. The summed E-state index contributed by atoms with van der Waals surface area (Å²) in [5.41, 5.74) is 2.23. The van der Waals surface area contributed by atoms with Gasteiger partial charge in [0.1, 0.15) is 11.6 Å². The van der Waals surface area contributed by atoms with Crippen LogP contribution in [0.25, 0.3) is 10.8 Å². The third-order valence-electron chi connectivity index (χ3n) is 3.82. The van der Waals surface area contributed by atoms with Crippen molar-refractivity contribution >= 4 is 22.4 Å². The standard InChI is InChI=1S/C14H14FN3O4/c1-16-8-3-2-7-4-11(19)13(14(15)9(7)5-8)10-6-12(20)17-18(10,21)22/h2-5,10,16,21-22H,6H2,1H3,(H-,17,19,20)/p+1. The number of phenolic OH excluding ortho intramolecular Hbond substituents is 1. The highest BCUT2D eigenvalue weighted by Gasteiger charge is 2.50. The molecule has 1 fully saturated rings. The number of nitrogens with zero attached hydrogens (tertiary/aromatic N) is 1. The van der Waals surface area contributed by atoms with Crippen LogP contribution in [0.15, 0.2) is 24.3 Å². The van der Waals surface area contributed by atoms with E-state index in [1.54, 1.807) is 25.2 Å². The van der Waals surface area contributed by atoms with E-state index in [0.717, 1.165) is 0 Å². The molecule has 0 aliphatic carbocycles. The van der Waals surface area contributed by atoms with Crippen molar-refractivity contribution in [2.24, 2.45) is 0 Å². The fraction of sp³-hybridized carbons (Fsp3) is 0.214. The predicted molar refractivity (Wildman–Crippen MR) is 74.5 cm³/mol. The number of phenols is 1. The van der Waals surface area contributed by atoms with Crippen LogP contribution in [0.3, 0.4) is 0 Å². The Hall–Kier alpha value is -2.42. The number of carbonyl (C=O) groups excluding carboxylic acids is 1. The van der Waals surface area contributed by atoms with Crippen molar-refractivity contribution in [2.75, 3.05) is 12.4 Å². The average molecular weight is 308 g/mol. The van der Waals surface area contributed by atoms with Crippen LogP contribution in [0.1, 0.15) is 18.0 Å². The number of hydroxylamine groups is 2. The number of benzene rings is 2. The van der Waals surface area contributed by atoms with E-state index < -0.39 is 28.4 Å². The largest absolute Gasteiger partial charge is 0.507 e. The van der Waals surface area contributed by atoms with Crippen LogP contribution < -0.4 is 10.7 Å². The maximum absolute atomic E-state index is 14.8. The lowest BCUT2D eigenvalue weighted by Crippen LogP contribution is -2.50. The number of hydrogen-bond acceptors (Lipinski definition) is 5. The zero-order valence-electron chi connectivity index (χ0n) is 11.7. The lowest BCUT2D eigenvalue weighted by atomic mass is 9.97. The molecule has 3 rings (SSSR count). The van der Waals surface area contributed by atoms with E-state index in [4.69, 9.17) is 0 Å². The number of carbonyl (C=O) groups is 1. The number of rotatable bonds is 2. The zero-order chi connectivity index (χ0) is 16.1. The summed E-state index contributed by atoms with van der Waals surface area (Å²) in [4.78, 5) is 9.48. The maximum Gasteiger partial charge on any atom is 0.277 e. The summed E-state index contributed by atoms with van der Waals surface area (Å²) in [6, 6.07) is 4.87. The molecule has 1 atom stereocenters. The molecular formula is C14H15FN3O4+. The van der Waals surface area contributed by atoms with E-state index in [1.165, 1.54) is 6.07 Å². The predicted octanol–water partition coefficient (Wildman–Crippen LogP) is 1.80. The molecule has 22 heavy (non-hydrogen) atoms. The monoisotopic (exact) mass is 308 g/mol. The molecule has 2 aromatic rings. The molecule has 1 amide bonds. The van der Waals surface area contributed by atoms with E-state index in [1.807, 2.05) is 5.43 Å². The van der Waals surface area contributed by atoms with Gasteiger partial charge in [0.05, 0.1) is 16.9 Å². The highest BCUT2D eigenvalue weighted by atomic mass is 19.1. The third-order valence-corrected chi connectivity index (χ3v) is 3.82. The number of fused-ring (bicyclic) bond motifs is 1. The second kappa shape index (κ2) is 4.80. The summed E-state index contributed by atoms with van der Waals surface area (Å²) >= 11 is 0. The van der Waals surface area contributed by atoms with Crippen molar-refractivity contribution in [3.63, 3.8) is 0 Å². The second-order valence-electron chi connectivity index (χ2n) is 5.21. The Balaban J connectivity index is 2.23. The van der Waals surface area contributed by atoms with Crippen LogP contribution >= 0.6 is 0 Å². The number of amides is 1. The molecule has 2 aromatic carbocycles. The van der Waals surface area contributed by atoms with Gasteiger partial charge in [0.25, 0.3) is 5.91 Å². The highest BCUT2D eigenvalue weighted by molar-refractivity contribution is 5.89. The quantitative estimate of drug-likeness (QED) is 0.545. The van der Waals surface area contributed by atoms with Crippen LogP contribution in [0.4, 0.5) is 10.1 Å². The molecule has 1 aliphatic rings. The molecule has 116 valence electrons. The summed E-state index contributed by atoms with van der Waals surface area (Å²) in [6.07, 6.45) is -0.352. The van der Waals surface area contributed by atoms with Gasteiger partial charge >= 0.3 is 0 Å². The van der Waals surface area contributed by atoms with Crippen molar-refractivity contribution in [1.82, 2.24) is 5.43 Å². The molecule has 1 aliphatic heterocycles. The van der Waals surface area contributed by atoms with E-state index in [9.17, 15) is 24.7 Å². The zero-order valence-corrected chi connectivity index (χ0v) is 11.7. The van der Waals surface area contributed by atoms with Gasteiger partial charge in [-0.05, 0) is 23.6 Å².